The van der Waals surface area contributed by atoms with Crippen LogP contribution in [0.5, 0.6) is 0 Å². The second-order valence-electron chi connectivity index (χ2n) is 2.50. The number of hydrogen-bond acceptors (Lipinski definition) is 2. The Morgan fingerprint density at radius 2 is 2.00 bits per heavy atom. The van der Waals surface area contributed by atoms with Crippen LogP contribution in [-0.2, 0) is 15.6 Å². The van der Waals surface area contributed by atoms with Crippen molar-refractivity contribution in [2.75, 3.05) is 5.75 Å². The summed E-state index contributed by atoms with van der Waals surface area (Å²) in [4.78, 5) is 10.4. The van der Waals surface area contributed by atoms with Gasteiger partial charge in [0.05, 0.1) is 5.92 Å². The van der Waals surface area contributed by atoms with Crippen LogP contribution in [0.15, 0.2) is 0 Å². The highest BCUT2D eigenvalue weighted by atomic mass is 32.2. The molecule has 0 radical (unpaired) electrons. The maximum atomic E-state index is 11.1. The van der Waals surface area contributed by atoms with Gasteiger partial charge in [0, 0.05) is 21.8 Å². The summed E-state index contributed by atoms with van der Waals surface area (Å²) >= 11 is 0. The Balaban J connectivity index is 4.12. The smallest absolute Gasteiger partial charge is 0.307 e. The first-order valence-electron chi connectivity index (χ1n) is 3.60. The molecule has 11 heavy (non-hydrogen) atoms. The van der Waals surface area contributed by atoms with Crippen molar-refractivity contribution in [2.45, 2.75) is 26.0 Å². The van der Waals surface area contributed by atoms with E-state index in [1.54, 1.807) is 20.8 Å². The highest BCUT2D eigenvalue weighted by Crippen LogP contribution is 2.09. The number of carboxylic acids is 1. The maximum absolute atomic E-state index is 11.1. The van der Waals surface area contributed by atoms with E-state index in [9.17, 15) is 9.00 Å². The van der Waals surface area contributed by atoms with Gasteiger partial charge < -0.3 is 5.11 Å². The summed E-state index contributed by atoms with van der Waals surface area (Å²) in [6.07, 6.45) is 0. The highest BCUT2D eigenvalue weighted by Gasteiger charge is 2.23. The molecule has 0 spiro atoms. The molecule has 0 aromatic rings. The van der Waals surface area contributed by atoms with Crippen molar-refractivity contribution < 1.29 is 14.1 Å². The second kappa shape index (κ2) is 4.49. The van der Waals surface area contributed by atoms with Gasteiger partial charge in [0.15, 0.2) is 0 Å². The topological polar surface area (TPSA) is 54.4 Å². The van der Waals surface area contributed by atoms with Gasteiger partial charge in [0.1, 0.15) is 0 Å². The Morgan fingerprint density at radius 1 is 1.55 bits per heavy atom. The Labute approximate surface area is 69.3 Å². The molecule has 0 aliphatic rings. The predicted octanol–water partition coefficient (Wildman–Crippen LogP) is 0.864. The third kappa shape index (κ3) is 3.01. The van der Waals surface area contributed by atoms with E-state index in [-0.39, 0.29) is 5.25 Å². The lowest BCUT2D eigenvalue weighted by Crippen LogP contribution is -2.27. The van der Waals surface area contributed by atoms with E-state index < -0.39 is 22.7 Å². The molecule has 0 heterocycles. The summed E-state index contributed by atoms with van der Waals surface area (Å²) < 4.78 is 11.1. The van der Waals surface area contributed by atoms with E-state index in [4.69, 9.17) is 5.11 Å². The molecule has 0 aliphatic carbocycles. The molecule has 0 saturated heterocycles. The van der Waals surface area contributed by atoms with Gasteiger partial charge in [-0.05, 0) is 6.92 Å². The molecule has 0 aliphatic heterocycles. The highest BCUT2D eigenvalue weighted by molar-refractivity contribution is 7.85. The number of carboxylic acid groups (broad SMARTS) is 1. The molecule has 0 rings (SSSR count). The Bertz CT molecular complexity index is 167. The average Bonchev–Trinajstić information content (AvgIpc) is 2.00. The first-order valence-corrected chi connectivity index (χ1v) is 4.98. The number of rotatable bonds is 4. The standard InChI is InChI=1S/C7H14O3S/c1-4-11(10)6(3)5(2)7(8)9/h5-6H,4H2,1-3H3,(H,8,9). The van der Waals surface area contributed by atoms with Gasteiger partial charge in [-0.2, -0.15) is 0 Å². The lowest BCUT2D eigenvalue weighted by Gasteiger charge is -2.13. The molecule has 0 amide bonds. The van der Waals surface area contributed by atoms with Gasteiger partial charge in [-0.25, -0.2) is 0 Å². The molecule has 1 N–H and O–H groups in total. The molecular weight excluding hydrogens is 164 g/mol. The van der Waals surface area contributed by atoms with Crippen molar-refractivity contribution in [3.05, 3.63) is 0 Å². The van der Waals surface area contributed by atoms with Gasteiger partial charge in [-0.15, -0.1) is 0 Å². The van der Waals surface area contributed by atoms with Crippen LogP contribution in [0.1, 0.15) is 20.8 Å². The Hall–Kier alpha value is -0.380. The van der Waals surface area contributed by atoms with Crippen LogP contribution < -0.4 is 0 Å². The van der Waals surface area contributed by atoms with Crippen LogP contribution in [0.3, 0.4) is 0 Å². The second-order valence-corrected chi connectivity index (χ2v) is 4.58. The fourth-order valence-corrected chi connectivity index (χ4v) is 1.79. The summed E-state index contributed by atoms with van der Waals surface area (Å²) in [6, 6.07) is 0. The van der Waals surface area contributed by atoms with Crippen molar-refractivity contribution in [1.29, 1.82) is 0 Å². The van der Waals surface area contributed by atoms with Gasteiger partial charge >= 0.3 is 5.97 Å². The summed E-state index contributed by atoms with van der Waals surface area (Å²) in [6.45, 7) is 5.08. The molecule has 3 atom stereocenters. The minimum Gasteiger partial charge on any atom is -0.481 e. The molecule has 0 saturated carbocycles. The van der Waals surface area contributed by atoms with E-state index in [1.165, 1.54) is 0 Å². The molecule has 3 nitrogen and oxygen atoms in total. The van der Waals surface area contributed by atoms with Crippen molar-refractivity contribution in [3.8, 4) is 0 Å². The zero-order valence-corrected chi connectivity index (χ0v) is 7.85. The van der Waals surface area contributed by atoms with Crippen LogP contribution in [0, 0.1) is 5.92 Å². The Kier molecular flexibility index (Phi) is 4.33. The molecule has 3 unspecified atom stereocenters. The zero-order chi connectivity index (χ0) is 9.02. The van der Waals surface area contributed by atoms with Crippen molar-refractivity contribution in [3.63, 3.8) is 0 Å². The summed E-state index contributed by atoms with van der Waals surface area (Å²) in [5, 5.41) is 8.31. The van der Waals surface area contributed by atoms with Gasteiger partial charge in [0.25, 0.3) is 0 Å². The summed E-state index contributed by atoms with van der Waals surface area (Å²) in [7, 11) is -1.00. The minimum absolute atomic E-state index is 0.252. The SMILES string of the molecule is CCS(=O)C(C)C(C)C(=O)O. The largest absolute Gasteiger partial charge is 0.481 e. The molecule has 4 heteroatoms. The molecule has 66 valence electrons. The van der Waals surface area contributed by atoms with E-state index in [0.717, 1.165) is 0 Å². The molecular formula is C7H14O3S. The molecule has 0 aromatic heterocycles. The minimum atomic E-state index is -1.00. The number of carbonyl (C=O) groups is 1. The lowest BCUT2D eigenvalue weighted by molar-refractivity contribution is -0.141. The van der Waals surface area contributed by atoms with Crippen LogP contribution in [0.4, 0.5) is 0 Å². The van der Waals surface area contributed by atoms with Crippen molar-refractivity contribution in [2.24, 2.45) is 5.92 Å². The molecule has 0 fully saturated rings. The first-order chi connectivity index (χ1) is 5.00. The van der Waals surface area contributed by atoms with Crippen LogP contribution in [0.25, 0.3) is 0 Å². The number of aliphatic carboxylic acids is 1. The molecule has 0 bridgehead atoms. The van der Waals surface area contributed by atoms with E-state index in [0.29, 0.717) is 5.75 Å². The fraction of sp³-hybridized carbons (Fsp3) is 0.857. The van der Waals surface area contributed by atoms with E-state index in [2.05, 4.69) is 0 Å². The Morgan fingerprint density at radius 3 is 2.27 bits per heavy atom. The lowest BCUT2D eigenvalue weighted by atomic mass is 10.1. The fourth-order valence-electron chi connectivity index (χ4n) is 0.691. The van der Waals surface area contributed by atoms with Crippen LogP contribution >= 0.6 is 0 Å². The van der Waals surface area contributed by atoms with Crippen molar-refractivity contribution in [1.82, 2.24) is 0 Å². The average molecular weight is 178 g/mol. The van der Waals surface area contributed by atoms with Gasteiger partial charge in [-0.3, -0.25) is 9.00 Å². The normalized spacial score (nSPS) is 18.8. The number of hydrogen-bond donors (Lipinski definition) is 1. The monoisotopic (exact) mass is 178 g/mol. The van der Waals surface area contributed by atoms with E-state index in [1.807, 2.05) is 0 Å². The predicted molar refractivity (Wildman–Crippen MR) is 44.9 cm³/mol. The first kappa shape index (κ1) is 10.6. The van der Waals surface area contributed by atoms with Gasteiger partial charge in [-0.1, -0.05) is 13.8 Å². The summed E-state index contributed by atoms with van der Waals surface area (Å²) in [5.74, 6) is -0.867. The summed E-state index contributed by atoms with van der Waals surface area (Å²) in [5.41, 5.74) is 0. The third-order valence-corrected chi connectivity index (χ3v) is 3.60. The molecule has 0 aromatic carbocycles. The van der Waals surface area contributed by atoms with E-state index >= 15 is 0 Å². The van der Waals surface area contributed by atoms with Crippen molar-refractivity contribution >= 4 is 16.8 Å². The maximum Gasteiger partial charge on any atom is 0.307 e. The zero-order valence-electron chi connectivity index (χ0n) is 7.03. The van der Waals surface area contributed by atoms with Crippen LogP contribution in [-0.4, -0.2) is 26.3 Å². The third-order valence-electron chi connectivity index (χ3n) is 1.79. The quantitative estimate of drug-likeness (QED) is 0.694. The van der Waals surface area contributed by atoms with Gasteiger partial charge in [0.2, 0.25) is 0 Å². The van der Waals surface area contributed by atoms with Crippen LogP contribution in [0.2, 0.25) is 0 Å².